The second-order valence-corrected chi connectivity index (χ2v) is 4.07. The molecule has 0 saturated heterocycles. The molecule has 0 rings (SSSR count). The van der Waals surface area contributed by atoms with Crippen molar-refractivity contribution in [2.45, 2.75) is 50.9 Å². The third-order valence-electron chi connectivity index (χ3n) is 2.54. The van der Waals surface area contributed by atoms with Gasteiger partial charge in [-0.25, -0.2) is 0 Å². The van der Waals surface area contributed by atoms with Gasteiger partial charge in [-0.15, -0.1) is 0 Å². The molecular formula is C11H25NO4. The summed E-state index contributed by atoms with van der Waals surface area (Å²) in [6.45, 7) is 2.61. The number of aliphatic hydroxyl groups excluding tert-OH is 4. The molecule has 5 N–H and O–H groups in total. The van der Waals surface area contributed by atoms with Gasteiger partial charge in [0.05, 0.1) is 12.7 Å². The number of aliphatic hydroxyl groups is 4. The zero-order valence-electron chi connectivity index (χ0n) is 9.97. The van der Waals surface area contributed by atoms with Crippen LogP contribution in [0.3, 0.4) is 0 Å². The minimum Gasteiger partial charge on any atom is -0.394 e. The zero-order valence-corrected chi connectivity index (χ0v) is 9.97. The van der Waals surface area contributed by atoms with E-state index in [9.17, 15) is 10.2 Å². The summed E-state index contributed by atoms with van der Waals surface area (Å²) in [6.07, 6.45) is 0.958. The van der Waals surface area contributed by atoms with E-state index in [1.807, 2.05) is 0 Å². The first-order valence-electron chi connectivity index (χ1n) is 5.99. The predicted octanol–water partition coefficient (Wildman–Crippen LogP) is -0.769. The van der Waals surface area contributed by atoms with Gasteiger partial charge in [0.15, 0.2) is 0 Å². The lowest BCUT2D eigenvalue weighted by Crippen LogP contribution is -2.44. The van der Waals surface area contributed by atoms with Gasteiger partial charge in [0.2, 0.25) is 0 Å². The molecule has 0 saturated carbocycles. The van der Waals surface area contributed by atoms with Crippen molar-refractivity contribution in [1.29, 1.82) is 0 Å². The van der Waals surface area contributed by atoms with Gasteiger partial charge in [0.25, 0.3) is 0 Å². The van der Waals surface area contributed by atoms with Crippen molar-refractivity contribution in [1.82, 2.24) is 5.32 Å². The van der Waals surface area contributed by atoms with Gasteiger partial charge in [0.1, 0.15) is 12.2 Å². The van der Waals surface area contributed by atoms with E-state index in [-0.39, 0.29) is 6.54 Å². The first-order valence-corrected chi connectivity index (χ1v) is 5.99. The van der Waals surface area contributed by atoms with Crippen molar-refractivity contribution in [3.63, 3.8) is 0 Å². The van der Waals surface area contributed by atoms with Gasteiger partial charge < -0.3 is 25.7 Å². The summed E-state index contributed by atoms with van der Waals surface area (Å²) in [4.78, 5) is 0. The molecule has 0 aliphatic rings. The molecule has 0 heterocycles. The van der Waals surface area contributed by atoms with Crippen molar-refractivity contribution in [2.75, 3.05) is 19.7 Å². The number of nitrogens with one attached hydrogen (secondary N) is 1. The molecular weight excluding hydrogens is 210 g/mol. The summed E-state index contributed by atoms with van der Waals surface area (Å²) < 4.78 is 0. The topological polar surface area (TPSA) is 93.0 Å². The molecule has 5 nitrogen and oxygen atoms in total. The first kappa shape index (κ1) is 15.8. The third-order valence-corrected chi connectivity index (χ3v) is 2.54. The van der Waals surface area contributed by atoms with Gasteiger partial charge in [-0.1, -0.05) is 26.2 Å². The molecule has 0 aliphatic carbocycles. The van der Waals surface area contributed by atoms with Crippen LogP contribution in [0.5, 0.6) is 0 Å². The van der Waals surface area contributed by atoms with Crippen molar-refractivity contribution in [3.8, 4) is 0 Å². The van der Waals surface area contributed by atoms with Crippen LogP contribution in [0.15, 0.2) is 0 Å². The summed E-state index contributed by atoms with van der Waals surface area (Å²) in [5.74, 6) is 0. The maximum absolute atomic E-state index is 9.44. The molecule has 5 heteroatoms. The van der Waals surface area contributed by atoms with Crippen LogP contribution >= 0.6 is 0 Å². The van der Waals surface area contributed by atoms with Crippen molar-refractivity contribution in [2.24, 2.45) is 0 Å². The van der Waals surface area contributed by atoms with Crippen LogP contribution in [0.1, 0.15) is 32.6 Å². The SMILES string of the molecule is CCCCCCNC[C@H](O)[C@H](O)[C@H](O)CO. The van der Waals surface area contributed by atoms with Crippen molar-refractivity contribution >= 4 is 0 Å². The van der Waals surface area contributed by atoms with E-state index in [0.717, 1.165) is 19.4 Å². The van der Waals surface area contributed by atoms with Crippen LogP contribution in [0.2, 0.25) is 0 Å². The number of rotatable bonds is 10. The summed E-state index contributed by atoms with van der Waals surface area (Å²) in [5.41, 5.74) is 0. The Balaban J connectivity index is 3.45. The average molecular weight is 235 g/mol. The molecule has 16 heavy (non-hydrogen) atoms. The molecule has 0 amide bonds. The maximum atomic E-state index is 9.44. The first-order chi connectivity index (χ1) is 7.63. The Morgan fingerprint density at radius 2 is 1.69 bits per heavy atom. The van der Waals surface area contributed by atoms with E-state index in [1.165, 1.54) is 12.8 Å². The Morgan fingerprint density at radius 3 is 2.25 bits per heavy atom. The summed E-state index contributed by atoms with van der Waals surface area (Å²) in [6, 6.07) is 0. The quantitative estimate of drug-likeness (QED) is 0.321. The summed E-state index contributed by atoms with van der Waals surface area (Å²) in [7, 11) is 0. The Hall–Kier alpha value is -0.200. The number of unbranched alkanes of at least 4 members (excludes halogenated alkanes) is 3. The van der Waals surface area contributed by atoms with Crippen molar-refractivity contribution < 1.29 is 20.4 Å². The Morgan fingerprint density at radius 1 is 1.00 bits per heavy atom. The lowest BCUT2D eigenvalue weighted by atomic mass is 10.1. The minimum atomic E-state index is -1.30. The molecule has 0 bridgehead atoms. The van der Waals surface area contributed by atoms with Gasteiger partial charge in [-0.2, -0.15) is 0 Å². The lowest BCUT2D eigenvalue weighted by Gasteiger charge is -2.21. The van der Waals surface area contributed by atoms with E-state index < -0.39 is 24.9 Å². The molecule has 0 aromatic heterocycles. The van der Waals surface area contributed by atoms with E-state index in [0.29, 0.717) is 0 Å². The van der Waals surface area contributed by atoms with Gasteiger partial charge in [-0.05, 0) is 13.0 Å². The fraction of sp³-hybridized carbons (Fsp3) is 1.00. The monoisotopic (exact) mass is 235 g/mol. The zero-order chi connectivity index (χ0) is 12.4. The molecule has 0 fully saturated rings. The predicted molar refractivity (Wildman–Crippen MR) is 62.1 cm³/mol. The van der Waals surface area contributed by atoms with E-state index in [1.54, 1.807) is 0 Å². The molecule has 0 radical (unpaired) electrons. The Bertz CT molecular complexity index is 157. The molecule has 0 aromatic rings. The second kappa shape index (κ2) is 9.99. The second-order valence-electron chi connectivity index (χ2n) is 4.07. The van der Waals surface area contributed by atoms with Gasteiger partial charge in [-0.3, -0.25) is 0 Å². The van der Waals surface area contributed by atoms with Crippen LogP contribution in [0, 0.1) is 0 Å². The van der Waals surface area contributed by atoms with Crippen LogP contribution in [-0.4, -0.2) is 58.4 Å². The smallest absolute Gasteiger partial charge is 0.109 e. The Kier molecular flexibility index (Phi) is 9.86. The highest BCUT2D eigenvalue weighted by Gasteiger charge is 2.23. The van der Waals surface area contributed by atoms with Crippen LogP contribution in [-0.2, 0) is 0 Å². The van der Waals surface area contributed by atoms with E-state index >= 15 is 0 Å². The third kappa shape index (κ3) is 7.14. The fourth-order valence-corrected chi connectivity index (χ4v) is 1.41. The van der Waals surface area contributed by atoms with E-state index in [2.05, 4.69) is 12.2 Å². The van der Waals surface area contributed by atoms with Gasteiger partial charge in [0, 0.05) is 6.54 Å². The minimum absolute atomic E-state index is 0.227. The Labute approximate surface area is 97.1 Å². The van der Waals surface area contributed by atoms with Crippen LogP contribution < -0.4 is 5.32 Å². The summed E-state index contributed by atoms with van der Waals surface area (Å²) in [5, 5.41) is 39.4. The number of hydrogen-bond acceptors (Lipinski definition) is 5. The van der Waals surface area contributed by atoms with Crippen LogP contribution in [0.4, 0.5) is 0 Å². The molecule has 0 spiro atoms. The molecule has 3 atom stereocenters. The van der Waals surface area contributed by atoms with Gasteiger partial charge >= 0.3 is 0 Å². The maximum Gasteiger partial charge on any atom is 0.109 e. The molecule has 0 aliphatic heterocycles. The largest absolute Gasteiger partial charge is 0.394 e. The summed E-state index contributed by atoms with van der Waals surface area (Å²) >= 11 is 0. The number of hydrogen-bond donors (Lipinski definition) is 5. The molecule has 0 unspecified atom stereocenters. The fourth-order valence-electron chi connectivity index (χ4n) is 1.41. The highest BCUT2D eigenvalue weighted by atomic mass is 16.4. The average Bonchev–Trinajstić information content (AvgIpc) is 2.31. The van der Waals surface area contributed by atoms with Crippen LogP contribution in [0.25, 0.3) is 0 Å². The molecule has 0 aromatic carbocycles. The normalized spacial score (nSPS) is 17.1. The standard InChI is InChI=1S/C11H25NO4/c1-2-3-4-5-6-12-7-9(14)11(16)10(15)8-13/h9-16H,2-8H2,1H3/t9-,10+,11-/m0/s1. The van der Waals surface area contributed by atoms with E-state index in [4.69, 9.17) is 10.2 Å². The highest BCUT2D eigenvalue weighted by molar-refractivity contribution is 4.76. The molecule has 98 valence electrons. The van der Waals surface area contributed by atoms with Crippen molar-refractivity contribution in [3.05, 3.63) is 0 Å². The highest BCUT2D eigenvalue weighted by Crippen LogP contribution is 2.00. The lowest BCUT2D eigenvalue weighted by molar-refractivity contribution is -0.0749.